The lowest BCUT2D eigenvalue weighted by atomic mass is 9.93. The van der Waals surface area contributed by atoms with Crippen molar-refractivity contribution in [2.45, 2.75) is 25.4 Å². The summed E-state index contributed by atoms with van der Waals surface area (Å²) in [5.41, 5.74) is 1.37. The highest BCUT2D eigenvalue weighted by Crippen LogP contribution is 2.25. The van der Waals surface area contributed by atoms with Gasteiger partial charge in [-0.15, -0.1) is 0 Å². The predicted molar refractivity (Wildman–Crippen MR) is 70.3 cm³/mol. The van der Waals surface area contributed by atoms with Crippen LogP contribution in [0.25, 0.3) is 11.0 Å². The third-order valence-electron chi connectivity index (χ3n) is 3.49. The van der Waals surface area contributed by atoms with Crippen molar-refractivity contribution in [2.24, 2.45) is 0 Å². The molecule has 0 aliphatic heterocycles. The van der Waals surface area contributed by atoms with Gasteiger partial charge in [-0.2, -0.15) is 0 Å². The van der Waals surface area contributed by atoms with Gasteiger partial charge in [0.1, 0.15) is 11.3 Å². The molecule has 0 radical (unpaired) electrons. The molecule has 1 heterocycles. The van der Waals surface area contributed by atoms with E-state index in [4.69, 9.17) is 20.8 Å². The first-order valence-corrected chi connectivity index (χ1v) is 6.33. The number of aryl methyl sites for hydroxylation is 1. The summed E-state index contributed by atoms with van der Waals surface area (Å²) in [4.78, 5) is 12.4. The van der Waals surface area contributed by atoms with Crippen molar-refractivity contribution in [3.05, 3.63) is 44.8 Å². The highest BCUT2D eigenvalue weighted by atomic mass is 35.5. The predicted octanol–water partition coefficient (Wildman–Crippen LogP) is 2.95. The molecule has 0 spiro atoms. The lowest BCUT2D eigenvalue weighted by Crippen LogP contribution is -2.26. The summed E-state index contributed by atoms with van der Waals surface area (Å²) < 4.78 is 11.1. The zero-order valence-corrected chi connectivity index (χ0v) is 10.8. The van der Waals surface area contributed by atoms with Crippen LogP contribution in [0.1, 0.15) is 17.7 Å². The second-order valence-electron chi connectivity index (χ2n) is 4.57. The average molecular weight is 265 g/mol. The summed E-state index contributed by atoms with van der Waals surface area (Å²) in [6.07, 6.45) is 2.38. The molecule has 18 heavy (non-hydrogen) atoms. The maximum absolute atomic E-state index is 12.4. The summed E-state index contributed by atoms with van der Waals surface area (Å²) in [5.74, 6) is 0.795. The Balaban J connectivity index is 2.24. The van der Waals surface area contributed by atoms with Crippen LogP contribution in [0.15, 0.2) is 27.4 Å². The van der Waals surface area contributed by atoms with Crippen LogP contribution >= 0.6 is 11.6 Å². The molecular formula is C14H13ClO3. The van der Waals surface area contributed by atoms with Gasteiger partial charge in [-0.3, -0.25) is 4.79 Å². The quantitative estimate of drug-likeness (QED) is 0.795. The lowest BCUT2D eigenvalue weighted by Gasteiger charge is -2.22. The van der Waals surface area contributed by atoms with Crippen LogP contribution in [0.5, 0.6) is 0 Å². The Morgan fingerprint density at radius 1 is 1.44 bits per heavy atom. The molecule has 1 aromatic heterocycles. The number of hydrogen-bond acceptors (Lipinski definition) is 3. The van der Waals surface area contributed by atoms with Crippen LogP contribution in [0.2, 0.25) is 5.02 Å². The molecule has 0 bridgehead atoms. The fourth-order valence-electron chi connectivity index (χ4n) is 2.48. The van der Waals surface area contributed by atoms with E-state index in [0.717, 1.165) is 24.2 Å². The molecule has 4 heteroatoms. The average Bonchev–Trinajstić information content (AvgIpc) is 2.40. The van der Waals surface area contributed by atoms with Crippen molar-refractivity contribution in [1.29, 1.82) is 0 Å². The first-order valence-electron chi connectivity index (χ1n) is 5.96. The number of rotatable bonds is 1. The summed E-state index contributed by atoms with van der Waals surface area (Å²) in [7, 11) is 1.68. The van der Waals surface area contributed by atoms with E-state index in [1.54, 1.807) is 25.3 Å². The highest BCUT2D eigenvalue weighted by Gasteiger charge is 2.24. The smallest absolute Gasteiger partial charge is 0.196 e. The number of methoxy groups -OCH3 is 1. The Bertz CT molecular complexity index is 660. The second-order valence-corrected chi connectivity index (χ2v) is 5.01. The van der Waals surface area contributed by atoms with Gasteiger partial charge in [-0.25, -0.2) is 0 Å². The van der Waals surface area contributed by atoms with Crippen LogP contribution < -0.4 is 5.43 Å². The maximum atomic E-state index is 12.4. The van der Waals surface area contributed by atoms with Gasteiger partial charge in [0.25, 0.3) is 0 Å². The van der Waals surface area contributed by atoms with Gasteiger partial charge in [0.05, 0.1) is 11.5 Å². The van der Waals surface area contributed by atoms with Gasteiger partial charge in [0.2, 0.25) is 0 Å². The van der Waals surface area contributed by atoms with E-state index in [2.05, 4.69) is 0 Å². The summed E-state index contributed by atoms with van der Waals surface area (Å²) in [6.45, 7) is 0. The van der Waals surface area contributed by atoms with Crippen molar-refractivity contribution in [2.75, 3.05) is 7.11 Å². The Hall–Kier alpha value is -1.32. The van der Waals surface area contributed by atoms with Crippen molar-refractivity contribution in [3.63, 3.8) is 0 Å². The van der Waals surface area contributed by atoms with E-state index in [1.807, 2.05) is 0 Å². The van der Waals surface area contributed by atoms with E-state index in [1.165, 1.54) is 0 Å². The SMILES string of the molecule is COC1CCc2oc3ccc(Cl)cc3c(=O)c2C1. The topological polar surface area (TPSA) is 39.4 Å². The molecule has 0 N–H and O–H groups in total. The van der Waals surface area contributed by atoms with Gasteiger partial charge in [-0.05, 0) is 24.6 Å². The molecule has 2 aromatic rings. The summed E-state index contributed by atoms with van der Waals surface area (Å²) >= 11 is 5.92. The molecule has 1 atom stereocenters. The molecule has 3 nitrogen and oxygen atoms in total. The van der Waals surface area contributed by atoms with E-state index >= 15 is 0 Å². The van der Waals surface area contributed by atoms with Crippen LogP contribution in [-0.4, -0.2) is 13.2 Å². The van der Waals surface area contributed by atoms with Crippen LogP contribution in [-0.2, 0) is 17.6 Å². The number of halogens is 1. The third kappa shape index (κ3) is 1.84. The molecule has 0 saturated carbocycles. The number of benzene rings is 1. The summed E-state index contributed by atoms with van der Waals surface area (Å²) in [6, 6.07) is 5.15. The first kappa shape index (κ1) is 11.8. The molecular weight excluding hydrogens is 252 g/mol. The van der Waals surface area contributed by atoms with Crippen molar-refractivity contribution >= 4 is 22.6 Å². The van der Waals surface area contributed by atoms with Crippen molar-refractivity contribution in [3.8, 4) is 0 Å². The molecule has 94 valence electrons. The molecule has 1 unspecified atom stereocenters. The van der Waals surface area contributed by atoms with Crippen LogP contribution in [0.3, 0.4) is 0 Å². The van der Waals surface area contributed by atoms with E-state index in [-0.39, 0.29) is 11.5 Å². The largest absolute Gasteiger partial charge is 0.461 e. The Morgan fingerprint density at radius 2 is 2.28 bits per heavy atom. The van der Waals surface area contributed by atoms with Crippen LogP contribution in [0, 0.1) is 0 Å². The standard InChI is InChI=1S/C14H13ClO3/c1-17-9-3-5-13-11(7-9)14(16)10-6-8(15)2-4-12(10)18-13/h2,4,6,9H,3,5,7H2,1H3. The lowest BCUT2D eigenvalue weighted by molar-refractivity contribution is 0.0877. The Kier molecular flexibility index (Phi) is 2.88. The fourth-order valence-corrected chi connectivity index (χ4v) is 2.66. The molecule has 1 aromatic carbocycles. The fraction of sp³-hybridized carbons (Fsp3) is 0.357. The van der Waals surface area contributed by atoms with Gasteiger partial charge < -0.3 is 9.15 Å². The van der Waals surface area contributed by atoms with Crippen LogP contribution in [0.4, 0.5) is 0 Å². The minimum absolute atomic E-state index is 0.0236. The zero-order chi connectivity index (χ0) is 12.7. The Labute approximate surface area is 109 Å². The molecule has 0 fully saturated rings. The van der Waals surface area contributed by atoms with Crippen molar-refractivity contribution in [1.82, 2.24) is 0 Å². The first-order chi connectivity index (χ1) is 8.69. The molecule has 3 rings (SSSR count). The van der Waals surface area contributed by atoms with Gasteiger partial charge >= 0.3 is 0 Å². The maximum Gasteiger partial charge on any atom is 0.196 e. The molecule has 1 aliphatic rings. The van der Waals surface area contributed by atoms with Gasteiger partial charge in [-0.1, -0.05) is 11.6 Å². The normalized spacial score (nSPS) is 18.9. The summed E-state index contributed by atoms with van der Waals surface area (Å²) in [5, 5.41) is 1.10. The van der Waals surface area contributed by atoms with Gasteiger partial charge in [0, 0.05) is 30.5 Å². The molecule has 1 aliphatic carbocycles. The van der Waals surface area contributed by atoms with E-state index in [9.17, 15) is 4.79 Å². The molecule has 0 saturated heterocycles. The number of ether oxygens (including phenoxy) is 1. The second kappa shape index (κ2) is 4.41. The van der Waals surface area contributed by atoms with E-state index in [0.29, 0.717) is 22.4 Å². The monoisotopic (exact) mass is 264 g/mol. The number of fused-ring (bicyclic) bond motifs is 2. The minimum Gasteiger partial charge on any atom is -0.461 e. The zero-order valence-electron chi connectivity index (χ0n) is 10.0. The van der Waals surface area contributed by atoms with Gasteiger partial charge in [0.15, 0.2) is 5.43 Å². The Morgan fingerprint density at radius 3 is 3.06 bits per heavy atom. The van der Waals surface area contributed by atoms with Crippen molar-refractivity contribution < 1.29 is 9.15 Å². The number of hydrogen-bond donors (Lipinski definition) is 0. The minimum atomic E-state index is 0.0236. The molecule has 0 amide bonds. The van der Waals surface area contributed by atoms with E-state index < -0.39 is 0 Å². The third-order valence-corrected chi connectivity index (χ3v) is 3.72. The highest BCUT2D eigenvalue weighted by molar-refractivity contribution is 6.31.